The summed E-state index contributed by atoms with van der Waals surface area (Å²) in [6.45, 7) is 2.13. The highest BCUT2D eigenvalue weighted by atomic mass is 35.5. The molecule has 0 aromatic carbocycles. The van der Waals surface area contributed by atoms with Gasteiger partial charge >= 0.3 is 5.97 Å². The molecule has 1 rings (SSSR count). The summed E-state index contributed by atoms with van der Waals surface area (Å²) in [4.78, 5) is 15.1. The molecule has 0 aliphatic rings. The molecule has 0 saturated heterocycles. The minimum Gasteiger partial charge on any atom is -0.462 e. The van der Waals surface area contributed by atoms with Crippen molar-refractivity contribution in [2.24, 2.45) is 0 Å². The van der Waals surface area contributed by atoms with E-state index < -0.39 is 0 Å². The third kappa shape index (κ3) is 2.70. The van der Waals surface area contributed by atoms with Gasteiger partial charge in [0.15, 0.2) is 0 Å². The average molecular weight is 200 g/mol. The largest absolute Gasteiger partial charge is 0.462 e. The number of hydrogen-bond donors (Lipinski definition) is 0. The molecule has 1 aromatic rings. The Morgan fingerprint density at radius 3 is 3.00 bits per heavy atom. The van der Waals surface area contributed by atoms with Gasteiger partial charge in [-0.25, -0.2) is 4.79 Å². The van der Waals surface area contributed by atoms with Crippen LogP contribution in [0.25, 0.3) is 0 Å². The van der Waals surface area contributed by atoms with Crippen LogP contribution in [0.1, 0.15) is 22.8 Å². The number of carbonyl (C=O) groups is 1. The number of aromatic nitrogens is 1. The molecule has 0 N–H and O–H groups in total. The van der Waals surface area contributed by atoms with Crippen LogP contribution in [0.3, 0.4) is 0 Å². The molecule has 0 spiro atoms. The Morgan fingerprint density at radius 1 is 1.62 bits per heavy atom. The Labute approximate surface area is 81.7 Å². The second-order valence-corrected chi connectivity index (χ2v) is 2.70. The lowest BCUT2D eigenvalue weighted by Crippen LogP contribution is -2.05. The standard InChI is InChI=1S/C9H10ClNO2/c1-2-13-9(12)8-3-7(4-10)5-11-6-8/h3,5-6H,2,4H2,1H3. The van der Waals surface area contributed by atoms with Gasteiger partial charge in [0.05, 0.1) is 12.2 Å². The quantitative estimate of drug-likeness (QED) is 0.552. The second kappa shape index (κ2) is 4.82. The smallest absolute Gasteiger partial charge is 0.339 e. The monoisotopic (exact) mass is 199 g/mol. The first-order chi connectivity index (χ1) is 6.27. The average Bonchev–Trinajstić information content (AvgIpc) is 2.18. The summed E-state index contributed by atoms with van der Waals surface area (Å²) in [6, 6.07) is 1.68. The highest BCUT2D eigenvalue weighted by Crippen LogP contribution is 2.06. The minimum atomic E-state index is -0.359. The summed E-state index contributed by atoms with van der Waals surface area (Å²) < 4.78 is 4.81. The number of esters is 1. The summed E-state index contributed by atoms with van der Waals surface area (Å²) in [5, 5.41) is 0. The molecule has 0 saturated carbocycles. The summed E-state index contributed by atoms with van der Waals surface area (Å²) in [6.07, 6.45) is 3.09. The van der Waals surface area contributed by atoms with E-state index >= 15 is 0 Å². The predicted octanol–water partition coefficient (Wildman–Crippen LogP) is 2.00. The molecule has 1 heterocycles. The zero-order chi connectivity index (χ0) is 9.68. The molecule has 1 aromatic heterocycles. The topological polar surface area (TPSA) is 39.2 Å². The minimum absolute atomic E-state index is 0.347. The maximum absolute atomic E-state index is 11.2. The zero-order valence-electron chi connectivity index (χ0n) is 7.29. The maximum atomic E-state index is 11.2. The Balaban J connectivity index is 2.82. The third-order valence-corrected chi connectivity index (χ3v) is 1.77. The van der Waals surface area contributed by atoms with E-state index in [1.54, 1.807) is 19.2 Å². The first-order valence-electron chi connectivity index (χ1n) is 3.95. The van der Waals surface area contributed by atoms with Crippen LogP contribution >= 0.6 is 11.6 Å². The molecule has 0 amide bonds. The molecule has 0 bridgehead atoms. The number of pyridine rings is 1. The molecule has 0 aliphatic carbocycles. The Bertz CT molecular complexity index is 301. The normalized spacial score (nSPS) is 9.69. The van der Waals surface area contributed by atoms with E-state index in [2.05, 4.69) is 4.98 Å². The van der Waals surface area contributed by atoms with E-state index in [4.69, 9.17) is 16.3 Å². The van der Waals surface area contributed by atoms with Crippen LogP contribution in [0.5, 0.6) is 0 Å². The number of carbonyl (C=O) groups excluding carboxylic acids is 1. The van der Waals surface area contributed by atoms with Gasteiger partial charge in [-0.1, -0.05) is 0 Å². The zero-order valence-corrected chi connectivity index (χ0v) is 8.04. The fraction of sp³-hybridized carbons (Fsp3) is 0.333. The van der Waals surface area contributed by atoms with Crippen molar-refractivity contribution in [2.45, 2.75) is 12.8 Å². The highest BCUT2D eigenvalue weighted by molar-refractivity contribution is 6.17. The molecule has 13 heavy (non-hydrogen) atoms. The summed E-state index contributed by atoms with van der Waals surface area (Å²) in [5.41, 5.74) is 1.26. The van der Waals surface area contributed by atoms with Crippen LogP contribution < -0.4 is 0 Å². The molecule has 3 nitrogen and oxygen atoms in total. The van der Waals surface area contributed by atoms with Gasteiger partial charge in [-0.05, 0) is 18.6 Å². The SMILES string of the molecule is CCOC(=O)c1cncc(CCl)c1. The van der Waals surface area contributed by atoms with E-state index in [-0.39, 0.29) is 5.97 Å². The number of ether oxygens (including phenoxy) is 1. The number of nitrogens with zero attached hydrogens (tertiary/aromatic N) is 1. The number of rotatable bonds is 3. The van der Waals surface area contributed by atoms with Crippen LogP contribution in [0.2, 0.25) is 0 Å². The number of hydrogen-bond acceptors (Lipinski definition) is 3. The van der Waals surface area contributed by atoms with Crippen LogP contribution in [0, 0.1) is 0 Å². The van der Waals surface area contributed by atoms with Crippen molar-refractivity contribution in [3.05, 3.63) is 29.6 Å². The van der Waals surface area contributed by atoms with E-state index in [0.29, 0.717) is 18.1 Å². The van der Waals surface area contributed by atoms with Crippen LogP contribution in [0.15, 0.2) is 18.5 Å². The number of halogens is 1. The van der Waals surface area contributed by atoms with Gasteiger partial charge in [-0.15, -0.1) is 11.6 Å². The van der Waals surface area contributed by atoms with Crippen LogP contribution in [0.4, 0.5) is 0 Å². The maximum Gasteiger partial charge on any atom is 0.339 e. The van der Waals surface area contributed by atoms with Crippen molar-refractivity contribution in [3.8, 4) is 0 Å². The van der Waals surface area contributed by atoms with Gasteiger partial charge in [-0.2, -0.15) is 0 Å². The molecule has 0 unspecified atom stereocenters. The fourth-order valence-corrected chi connectivity index (χ4v) is 1.03. The third-order valence-electron chi connectivity index (χ3n) is 1.46. The van der Waals surface area contributed by atoms with Crippen molar-refractivity contribution in [1.82, 2.24) is 4.98 Å². The van der Waals surface area contributed by atoms with Gasteiger partial charge in [0.2, 0.25) is 0 Å². The Morgan fingerprint density at radius 2 is 2.38 bits per heavy atom. The Kier molecular flexibility index (Phi) is 3.71. The Hall–Kier alpha value is -1.09. The molecule has 0 radical (unpaired) electrons. The van der Waals surface area contributed by atoms with Gasteiger partial charge in [0.1, 0.15) is 0 Å². The first-order valence-corrected chi connectivity index (χ1v) is 4.48. The van der Waals surface area contributed by atoms with Crippen LogP contribution in [-0.4, -0.2) is 17.6 Å². The lowest BCUT2D eigenvalue weighted by Gasteiger charge is -2.01. The molecule has 0 aliphatic heterocycles. The van der Waals surface area contributed by atoms with E-state index in [9.17, 15) is 4.79 Å². The molecular weight excluding hydrogens is 190 g/mol. The van der Waals surface area contributed by atoms with Gasteiger partial charge in [0, 0.05) is 18.3 Å². The van der Waals surface area contributed by atoms with Gasteiger partial charge in [0.25, 0.3) is 0 Å². The second-order valence-electron chi connectivity index (χ2n) is 2.44. The van der Waals surface area contributed by atoms with Crippen LogP contribution in [-0.2, 0) is 10.6 Å². The van der Waals surface area contributed by atoms with E-state index in [1.165, 1.54) is 6.20 Å². The molecule has 4 heteroatoms. The van der Waals surface area contributed by atoms with Gasteiger partial charge < -0.3 is 4.74 Å². The van der Waals surface area contributed by atoms with Crippen molar-refractivity contribution in [2.75, 3.05) is 6.61 Å². The van der Waals surface area contributed by atoms with Crippen molar-refractivity contribution in [1.29, 1.82) is 0 Å². The number of alkyl halides is 1. The summed E-state index contributed by atoms with van der Waals surface area (Å²) >= 11 is 5.59. The van der Waals surface area contributed by atoms with Crippen molar-refractivity contribution in [3.63, 3.8) is 0 Å². The predicted molar refractivity (Wildman–Crippen MR) is 49.8 cm³/mol. The molecule has 0 atom stereocenters. The highest BCUT2D eigenvalue weighted by Gasteiger charge is 2.06. The van der Waals surface area contributed by atoms with Gasteiger partial charge in [-0.3, -0.25) is 4.98 Å². The first kappa shape index (κ1) is 9.99. The summed E-state index contributed by atoms with van der Waals surface area (Å²) in [5.74, 6) is -0.0118. The fourth-order valence-electron chi connectivity index (χ4n) is 0.887. The van der Waals surface area contributed by atoms with E-state index in [1.807, 2.05) is 0 Å². The van der Waals surface area contributed by atoms with Crippen molar-refractivity contribution >= 4 is 17.6 Å². The van der Waals surface area contributed by atoms with Crippen molar-refractivity contribution < 1.29 is 9.53 Å². The summed E-state index contributed by atoms with van der Waals surface area (Å²) in [7, 11) is 0. The molecule has 70 valence electrons. The lowest BCUT2D eigenvalue weighted by atomic mass is 10.2. The molecule has 0 fully saturated rings. The molecular formula is C9H10ClNO2. The van der Waals surface area contributed by atoms with E-state index in [0.717, 1.165) is 5.56 Å². The lowest BCUT2D eigenvalue weighted by molar-refractivity contribution is 0.0526.